The standard InChI is InChI=1S/C17H21NO.2ClH/c1-18(2)13-14-19-17(15-9-5-3-6-10-15)16-11-7-4-8-12-16;;/h3-12,17H,13-14H2,1-2H3;2*1H. The third kappa shape index (κ3) is 6.49. The molecule has 0 radical (unpaired) electrons. The van der Waals surface area contributed by atoms with E-state index in [0.29, 0.717) is 0 Å². The maximum Gasteiger partial charge on any atom is 0.108 e. The molecule has 0 fully saturated rings. The topological polar surface area (TPSA) is 12.5 Å². The number of hydrogen-bond donors (Lipinski definition) is 0. The molecule has 0 aliphatic rings. The molecule has 0 aliphatic carbocycles. The molecule has 0 unspecified atom stereocenters. The van der Waals surface area contributed by atoms with Crippen LogP contribution in [0.3, 0.4) is 0 Å². The number of halogens is 2. The first kappa shape index (κ1) is 19.9. The highest BCUT2D eigenvalue weighted by atomic mass is 35.5. The van der Waals surface area contributed by atoms with E-state index in [1.807, 2.05) is 12.1 Å². The van der Waals surface area contributed by atoms with Crippen molar-refractivity contribution in [3.63, 3.8) is 0 Å². The second-order valence-electron chi connectivity index (χ2n) is 4.88. The quantitative estimate of drug-likeness (QED) is 0.788. The fourth-order valence-electron chi connectivity index (χ4n) is 1.99. The van der Waals surface area contributed by atoms with E-state index in [9.17, 15) is 0 Å². The average Bonchev–Trinajstić information content (AvgIpc) is 2.45. The van der Waals surface area contributed by atoms with E-state index in [1.165, 1.54) is 11.1 Å². The number of nitrogens with zero attached hydrogens (tertiary/aromatic N) is 1. The summed E-state index contributed by atoms with van der Waals surface area (Å²) in [5, 5.41) is 0. The van der Waals surface area contributed by atoms with Gasteiger partial charge in [0.15, 0.2) is 0 Å². The lowest BCUT2D eigenvalue weighted by molar-refractivity contribution is 0.0687. The first-order valence-electron chi connectivity index (χ1n) is 6.63. The van der Waals surface area contributed by atoms with Crippen molar-refractivity contribution in [1.82, 2.24) is 4.90 Å². The summed E-state index contributed by atoms with van der Waals surface area (Å²) >= 11 is 0. The van der Waals surface area contributed by atoms with Crippen molar-refractivity contribution in [3.05, 3.63) is 71.8 Å². The van der Waals surface area contributed by atoms with Crippen molar-refractivity contribution in [2.45, 2.75) is 6.10 Å². The molecule has 0 atom stereocenters. The maximum absolute atomic E-state index is 6.08. The third-order valence-corrected chi connectivity index (χ3v) is 3.03. The molecule has 0 saturated heterocycles. The molecule has 2 rings (SSSR count). The second kappa shape index (κ2) is 10.6. The van der Waals surface area contributed by atoms with Gasteiger partial charge in [0.05, 0.1) is 6.61 Å². The smallest absolute Gasteiger partial charge is 0.108 e. The lowest BCUT2D eigenvalue weighted by Gasteiger charge is -2.20. The number of rotatable bonds is 6. The van der Waals surface area contributed by atoms with Gasteiger partial charge in [-0.25, -0.2) is 0 Å². The second-order valence-corrected chi connectivity index (χ2v) is 4.88. The highest BCUT2D eigenvalue weighted by Gasteiger charge is 2.13. The molecule has 2 nitrogen and oxygen atoms in total. The van der Waals surface area contributed by atoms with Crippen LogP contribution in [0, 0.1) is 0 Å². The summed E-state index contributed by atoms with van der Waals surface area (Å²) in [6.07, 6.45) is 0.0161. The molecular weight excluding hydrogens is 305 g/mol. The van der Waals surface area contributed by atoms with E-state index in [4.69, 9.17) is 4.74 Å². The lowest BCUT2D eigenvalue weighted by atomic mass is 10.0. The highest BCUT2D eigenvalue weighted by molar-refractivity contribution is 5.85. The minimum atomic E-state index is 0. The normalized spacial score (nSPS) is 10.1. The van der Waals surface area contributed by atoms with E-state index in [2.05, 4.69) is 67.5 Å². The van der Waals surface area contributed by atoms with E-state index in [0.717, 1.165) is 13.2 Å². The Morgan fingerprint density at radius 2 is 1.24 bits per heavy atom. The van der Waals surface area contributed by atoms with E-state index < -0.39 is 0 Å². The predicted molar refractivity (Wildman–Crippen MR) is 93.7 cm³/mol. The van der Waals surface area contributed by atoms with Gasteiger partial charge < -0.3 is 9.64 Å². The van der Waals surface area contributed by atoms with Gasteiger partial charge in [0.1, 0.15) is 6.10 Å². The van der Waals surface area contributed by atoms with Crippen LogP contribution in [-0.2, 0) is 4.74 Å². The molecule has 2 aromatic carbocycles. The summed E-state index contributed by atoms with van der Waals surface area (Å²) in [6.45, 7) is 1.65. The zero-order valence-corrected chi connectivity index (χ0v) is 14.1. The zero-order valence-electron chi connectivity index (χ0n) is 12.4. The van der Waals surface area contributed by atoms with Gasteiger partial charge in [-0.3, -0.25) is 0 Å². The largest absolute Gasteiger partial charge is 0.367 e. The lowest BCUT2D eigenvalue weighted by Crippen LogP contribution is -2.20. The van der Waals surface area contributed by atoms with Gasteiger partial charge in [0, 0.05) is 6.54 Å². The Bertz CT molecular complexity index is 437. The van der Waals surface area contributed by atoms with Crippen molar-refractivity contribution < 1.29 is 4.74 Å². The Labute approximate surface area is 139 Å². The van der Waals surface area contributed by atoms with Gasteiger partial charge in [-0.1, -0.05) is 60.7 Å². The minimum absolute atomic E-state index is 0. The summed E-state index contributed by atoms with van der Waals surface area (Å²) < 4.78 is 6.08. The molecule has 0 saturated carbocycles. The molecule has 0 aliphatic heterocycles. The SMILES string of the molecule is CN(C)CCOC(c1ccccc1)c1ccccc1.Cl.Cl. The molecule has 21 heavy (non-hydrogen) atoms. The van der Waals surface area contributed by atoms with Crippen LogP contribution in [0.5, 0.6) is 0 Å². The Hall–Kier alpha value is -1.06. The number of ether oxygens (including phenoxy) is 1. The van der Waals surface area contributed by atoms with Crippen LogP contribution >= 0.6 is 24.8 Å². The van der Waals surface area contributed by atoms with Gasteiger partial charge in [-0.15, -0.1) is 24.8 Å². The minimum Gasteiger partial charge on any atom is -0.367 e. The summed E-state index contributed by atoms with van der Waals surface area (Å²) in [6, 6.07) is 20.8. The first-order valence-corrected chi connectivity index (χ1v) is 6.63. The van der Waals surface area contributed by atoms with Crippen molar-refractivity contribution in [3.8, 4) is 0 Å². The molecule has 2 aromatic rings. The molecular formula is C17H23Cl2NO. The van der Waals surface area contributed by atoms with Gasteiger partial charge in [-0.2, -0.15) is 0 Å². The van der Waals surface area contributed by atoms with Crippen LogP contribution in [0.2, 0.25) is 0 Å². The Balaban J connectivity index is 0.00000200. The van der Waals surface area contributed by atoms with Gasteiger partial charge in [0.25, 0.3) is 0 Å². The molecule has 0 bridgehead atoms. The van der Waals surface area contributed by atoms with Crippen LogP contribution < -0.4 is 0 Å². The fourth-order valence-corrected chi connectivity index (χ4v) is 1.99. The van der Waals surface area contributed by atoms with Crippen LogP contribution in [0.15, 0.2) is 60.7 Å². The van der Waals surface area contributed by atoms with Gasteiger partial charge in [0.2, 0.25) is 0 Å². The number of benzene rings is 2. The van der Waals surface area contributed by atoms with Crippen molar-refractivity contribution >= 4 is 24.8 Å². The van der Waals surface area contributed by atoms with Crippen molar-refractivity contribution in [2.75, 3.05) is 27.2 Å². The van der Waals surface area contributed by atoms with Crippen LogP contribution in [0.1, 0.15) is 17.2 Å². The highest BCUT2D eigenvalue weighted by Crippen LogP contribution is 2.25. The molecule has 0 heterocycles. The Kier molecular flexibility index (Phi) is 10.1. The van der Waals surface area contributed by atoms with Crippen LogP contribution in [0.25, 0.3) is 0 Å². The molecule has 0 N–H and O–H groups in total. The third-order valence-electron chi connectivity index (χ3n) is 3.03. The molecule has 0 amide bonds. The fraction of sp³-hybridized carbons (Fsp3) is 0.294. The Morgan fingerprint density at radius 3 is 1.62 bits per heavy atom. The van der Waals surface area contributed by atoms with Gasteiger partial charge >= 0.3 is 0 Å². The van der Waals surface area contributed by atoms with E-state index in [-0.39, 0.29) is 30.9 Å². The predicted octanol–water partition coefficient (Wildman–Crippen LogP) is 4.20. The van der Waals surface area contributed by atoms with Crippen molar-refractivity contribution in [2.24, 2.45) is 0 Å². The summed E-state index contributed by atoms with van der Waals surface area (Å²) in [4.78, 5) is 2.13. The number of hydrogen-bond acceptors (Lipinski definition) is 2. The summed E-state index contributed by atoms with van der Waals surface area (Å²) in [7, 11) is 4.12. The molecule has 0 spiro atoms. The van der Waals surface area contributed by atoms with E-state index in [1.54, 1.807) is 0 Å². The summed E-state index contributed by atoms with van der Waals surface area (Å²) in [5.74, 6) is 0. The van der Waals surface area contributed by atoms with Crippen LogP contribution in [0.4, 0.5) is 0 Å². The molecule has 116 valence electrons. The maximum atomic E-state index is 6.08. The molecule has 4 heteroatoms. The van der Waals surface area contributed by atoms with E-state index >= 15 is 0 Å². The molecule has 0 aromatic heterocycles. The zero-order chi connectivity index (χ0) is 13.5. The van der Waals surface area contributed by atoms with Gasteiger partial charge in [-0.05, 0) is 25.2 Å². The number of likely N-dealkylation sites (N-methyl/N-ethyl adjacent to an activating group) is 1. The average molecular weight is 328 g/mol. The van der Waals surface area contributed by atoms with Crippen LogP contribution in [-0.4, -0.2) is 32.1 Å². The first-order chi connectivity index (χ1) is 9.27. The Morgan fingerprint density at radius 1 is 0.810 bits per heavy atom. The van der Waals surface area contributed by atoms with Crippen molar-refractivity contribution in [1.29, 1.82) is 0 Å². The monoisotopic (exact) mass is 327 g/mol. The summed E-state index contributed by atoms with van der Waals surface area (Å²) in [5.41, 5.74) is 2.40.